The van der Waals surface area contributed by atoms with Gasteiger partial charge in [0, 0.05) is 0 Å². The van der Waals surface area contributed by atoms with Crippen molar-refractivity contribution in [2.24, 2.45) is 0 Å². The molecule has 66 valence electrons. The van der Waals surface area contributed by atoms with Crippen LogP contribution in [-0.4, -0.2) is 18.1 Å². The Kier molecular flexibility index (Phi) is 2.46. The molecule has 0 fully saturated rings. The maximum Gasteiger partial charge on any atom is 0.296 e. The molecule has 1 aromatic carbocycles. The molecule has 12 heavy (non-hydrogen) atoms. The van der Waals surface area contributed by atoms with Crippen LogP contribution >= 0.6 is 0 Å². The van der Waals surface area contributed by atoms with Crippen LogP contribution in [0.25, 0.3) is 0 Å². The third-order valence-electron chi connectivity index (χ3n) is 1.37. The van der Waals surface area contributed by atoms with Crippen molar-refractivity contribution in [1.29, 1.82) is 0 Å². The van der Waals surface area contributed by atoms with Gasteiger partial charge in [-0.05, 0) is 5.56 Å². The van der Waals surface area contributed by atoms with Crippen LogP contribution in [0.5, 0.6) is 0 Å². The quantitative estimate of drug-likeness (QED) is 0.665. The first-order valence-corrected chi connectivity index (χ1v) is 4.71. The predicted molar refractivity (Wildman–Crippen MR) is 43.0 cm³/mol. The molecule has 0 saturated heterocycles. The number of rotatable bonds is 2. The Morgan fingerprint density at radius 3 is 2.08 bits per heavy atom. The number of aliphatic hydroxyl groups excluding tert-OH is 1. The zero-order valence-corrected chi connectivity index (χ0v) is 6.90. The summed E-state index contributed by atoms with van der Waals surface area (Å²) in [5.74, 6) is 0. The minimum atomic E-state index is -4.40. The van der Waals surface area contributed by atoms with Crippen LogP contribution in [0, 0.1) is 0 Å². The smallest absolute Gasteiger partial charge is 0.296 e. The third kappa shape index (κ3) is 2.04. The first-order chi connectivity index (χ1) is 5.52. The highest BCUT2D eigenvalue weighted by Crippen LogP contribution is 2.16. The molecule has 2 N–H and O–H groups in total. The number of aliphatic hydroxyl groups is 1. The molecular formula is C7H8O4S. The van der Waals surface area contributed by atoms with Gasteiger partial charge >= 0.3 is 0 Å². The Labute approximate surface area is 70.2 Å². The van der Waals surface area contributed by atoms with Gasteiger partial charge in [0.1, 0.15) is 0 Å². The fourth-order valence-corrected chi connectivity index (χ4v) is 1.29. The average molecular weight is 188 g/mol. The monoisotopic (exact) mass is 188 g/mol. The minimum absolute atomic E-state index is 0.153. The average Bonchev–Trinajstić information content (AvgIpc) is 2.03. The van der Waals surface area contributed by atoms with Crippen molar-refractivity contribution >= 4 is 10.1 Å². The summed E-state index contributed by atoms with van der Waals surface area (Å²) in [6.45, 7) is 0. The summed E-state index contributed by atoms with van der Waals surface area (Å²) in [6.07, 6.45) is 0. The van der Waals surface area contributed by atoms with E-state index in [0.29, 0.717) is 0 Å². The van der Waals surface area contributed by atoms with E-state index in [1.807, 2.05) is 0 Å². The molecule has 0 aromatic heterocycles. The molecule has 0 spiro atoms. The Morgan fingerprint density at radius 1 is 1.17 bits per heavy atom. The zero-order chi connectivity index (χ0) is 9.19. The highest BCUT2D eigenvalue weighted by atomic mass is 32.2. The lowest BCUT2D eigenvalue weighted by Gasteiger charge is -2.05. The molecule has 1 rings (SSSR count). The lowest BCUT2D eigenvalue weighted by atomic mass is 10.2. The van der Waals surface area contributed by atoms with E-state index in [0.717, 1.165) is 0 Å². The topological polar surface area (TPSA) is 74.6 Å². The molecule has 0 heterocycles. The lowest BCUT2D eigenvalue weighted by molar-refractivity contribution is 0.238. The van der Waals surface area contributed by atoms with E-state index >= 15 is 0 Å². The van der Waals surface area contributed by atoms with Crippen molar-refractivity contribution in [1.82, 2.24) is 0 Å². The molecule has 0 aliphatic carbocycles. The van der Waals surface area contributed by atoms with Gasteiger partial charge in [0.15, 0.2) is 0 Å². The Bertz CT molecular complexity index is 343. The van der Waals surface area contributed by atoms with Gasteiger partial charge in [-0.2, -0.15) is 8.42 Å². The second-order valence-corrected chi connectivity index (χ2v) is 3.75. The van der Waals surface area contributed by atoms with E-state index < -0.39 is 15.6 Å². The summed E-state index contributed by atoms with van der Waals surface area (Å²) >= 11 is 0. The van der Waals surface area contributed by atoms with Gasteiger partial charge in [-0.1, -0.05) is 30.3 Å². The van der Waals surface area contributed by atoms with E-state index in [4.69, 9.17) is 9.66 Å². The van der Waals surface area contributed by atoms with E-state index in [1.54, 1.807) is 18.2 Å². The molecule has 1 unspecified atom stereocenters. The van der Waals surface area contributed by atoms with Crippen LogP contribution in [0.4, 0.5) is 0 Å². The fraction of sp³-hybridized carbons (Fsp3) is 0.143. The molecule has 1 atom stereocenters. The van der Waals surface area contributed by atoms with Gasteiger partial charge in [-0.15, -0.1) is 0 Å². The molecular weight excluding hydrogens is 180 g/mol. The minimum Gasteiger partial charge on any atom is -0.371 e. The second kappa shape index (κ2) is 3.22. The zero-order valence-electron chi connectivity index (χ0n) is 6.08. The molecule has 5 heteroatoms. The summed E-state index contributed by atoms with van der Waals surface area (Å²) in [5, 5.41) is 9.02. The Balaban J connectivity index is 3.02. The maximum absolute atomic E-state index is 10.4. The van der Waals surface area contributed by atoms with E-state index in [2.05, 4.69) is 0 Å². The third-order valence-corrected chi connectivity index (χ3v) is 2.20. The van der Waals surface area contributed by atoms with Crippen LogP contribution in [0.15, 0.2) is 30.3 Å². The second-order valence-electron chi connectivity index (χ2n) is 2.28. The van der Waals surface area contributed by atoms with Crippen molar-refractivity contribution in [2.45, 2.75) is 5.44 Å². The summed E-state index contributed by atoms with van der Waals surface area (Å²) in [6, 6.07) is 7.66. The molecule has 0 bridgehead atoms. The number of benzene rings is 1. The molecule has 0 aliphatic rings. The van der Waals surface area contributed by atoms with E-state index in [1.165, 1.54) is 12.1 Å². The van der Waals surface area contributed by atoms with E-state index in [9.17, 15) is 8.42 Å². The summed E-state index contributed by atoms with van der Waals surface area (Å²) in [4.78, 5) is 0. The van der Waals surface area contributed by atoms with Crippen molar-refractivity contribution in [3.8, 4) is 0 Å². The van der Waals surface area contributed by atoms with Crippen molar-refractivity contribution in [3.05, 3.63) is 35.9 Å². The Hall–Kier alpha value is -0.910. The van der Waals surface area contributed by atoms with E-state index in [-0.39, 0.29) is 5.56 Å². The number of hydrogen-bond acceptors (Lipinski definition) is 3. The van der Waals surface area contributed by atoms with Crippen molar-refractivity contribution < 1.29 is 18.1 Å². The standard InChI is InChI=1S/C7H8O4S/c8-7(12(9,10)11)6-4-2-1-3-5-6/h1-5,7-8H,(H,9,10,11). The van der Waals surface area contributed by atoms with Gasteiger partial charge in [-0.3, -0.25) is 4.55 Å². The highest BCUT2D eigenvalue weighted by Gasteiger charge is 2.20. The first-order valence-electron chi connectivity index (χ1n) is 3.21. The first kappa shape index (κ1) is 9.18. The summed E-state index contributed by atoms with van der Waals surface area (Å²) < 4.78 is 29.3. The van der Waals surface area contributed by atoms with Gasteiger partial charge in [-0.25, -0.2) is 0 Å². The van der Waals surface area contributed by atoms with Gasteiger partial charge in [0.05, 0.1) is 0 Å². The van der Waals surface area contributed by atoms with Gasteiger partial charge < -0.3 is 5.11 Å². The van der Waals surface area contributed by atoms with Crippen LogP contribution in [0.3, 0.4) is 0 Å². The largest absolute Gasteiger partial charge is 0.371 e. The molecule has 1 aromatic rings. The normalized spacial score (nSPS) is 14.2. The van der Waals surface area contributed by atoms with Crippen LogP contribution in [0.1, 0.15) is 11.0 Å². The van der Waals surface area contributed by atoms with Crippen molar-refractivity contribution in [3.63, 3.8) is 0 Å². The van der Waals surface area contributed by atoms with Crippen LogP contribution in [0.2, 0.25) is 0 Å². The van der Waals surface area contributed by atoms with Crippen LogP contribution < -0.4 is 0 Å². The fourth-order valence-electron chi connectivity index (χ4n) is 0.790. The molecule has 0 aliphatic heterocycles. The summed E-state index contributed by atoms with van der Waals surface area (Å²) in [7, 11) is -4.40. The maximum atomic E-state index is 10.4. The summed E-state index contributed by atoms with van der Waals surface area (Å²) in [5.41, 5.74) is -1.70. The molecule has 4 nitrogen and oxygen atoms in total. The predicted octanol–water partition coefficient (Wildman–Crippen LogP) is 0.565. The Morgan fingerprint density at radius 2 is 1.67 bits per heavy atom. The molecule has 0 amide bonds. The number of hydrogen-bond donors (Lipinski definition) is 2. The SMILES string of the molecule is O=S(=O)(O)C(O)c1ccccc1. The highest BCUT2D eigenvalue weighted by molar-refractivity contribution is 7.85. The van der Waals surface area contributed by atoms with Gasteiger partial charge in [0.2, 0.25) is 5.44 Å². The molecule has 0 saturated carbocycles. The molecule has 0 radical (unpaired) electrons. The lowest BCUT2D eigenvalue weighted by Crippen LogP contribution is -2.10. The van der Waals surface area contributed by atoms with Gasteiger partial charge in [0.25, 0.3) is 10.1 Å². The van der Waals surface area contributed by atoms with Crippen LogP contribution in [-0.2, 0) is 10.1 Å². The van der Waals surface area contributed by atoms with Crippen molar-refractivity contribution in [2.75, 3.05) is 0 Å².